The van der Waals surface area contributed by atoms with Crippen molar-refractivity contribution >= 4 is 5.91 Å². The molecule has 0 aromatic carbocycles. The van der Waals surface area contributed by atoms with Crippen LogP contribution in [0.4, 0.5) is 0 Å². The average molecular weight is 279 g/mol. The van der Waals surface area contributed by atoms with Gasteiger partial charge in [-0.2, -0.15) is 0 Å². The average Bonchev–Trinajstić information content (AvgIpc) is 3.10. The third-order valence-corrected chi connectivity index (χ3v) is 4.19. The zero-order valence-corrected chi connectivity index (χ0v) is 11.8. The maximum atomic E-state index is 11.8. The van der Waals surface area contributed by atoms with Crippen molar-refractivity contribution in [3.63, 3.8) is 0 Å². The van der Waals surface area contributed by atoms with Crippen LogP contribution in [-0.2, 0) is 9.47 Å². The van der Waals surface area contributed by atoms with Gasteiger partial charge < -0.3 is 19.2 Å². The fraction of sp³-hybridized carbons (Fsp3) is 0.667. The highest BCUT2D eigenvalue weighted by Crippen LogP contribution is 2.39. The first-order chi connectivity index (χ1) is 9.67. The highest BCUT2D eigenvalue weighted by molar-refractivity contribution is 5.91. The molecule has 1 unspecified atom stereocenters. The second kappa shape index (κ2) is 5.58. The normalized spacial score (nSPS) is 33.5. The summed E-state index contributed by atoms with van der Waals surface area (Å²) >= 11 is 0. The second-order valence-corrected chi connectivity index (χ2v) is 5.83. The van der Waals surface area contributed by atoms with E-state index in [9.17, 15) is 4.79 Å². The summed E-state index contributed by atoms with van der Waals surface area (Å²) < 4.78 is 17.0. The fourth-order valence-electron chi connectivity index (χ4n) is 2.88. The van der Waals surface area contributed by atoms with Crippen molar-refractivity contribution in [1.82, 2.24) is 5.32 Å². The minimum atomic E-state index is -0.396. The van der Waals surface area contributed by atoms with E-state index < -0.39 is 5.79 Å². The second-order valence-electron chi connectivity index (χ2n) is 5.83. The molecule has 1 atom stereocenters. The van der Waals surface area contributed by atoms with Gasteiger partial charge in [-0.3, -0.25) is 4.79 Å². The molecule has 1 spiro atoms. The van der Waals surface area contributed by atoms with Gasteiger partial charge in [0.1, 0.15) is 6.10 Å². The van der Waals surface area contributed by atoms with Gasteiger partial charge in [-0.15, -0.1) is 0 Å². The molecule has 2 aliphatic rings. The molecule has 5 heteroatoms. The van der Waals surface area contributed by atoms with Gasteiger partial charge in [-0.25, -0.2) is 0 Å². The molecular weight excluding hydrogens is 258 g/mol. The molecule has 2 fully saturated rings. The Bertz CT molecular complexity index is 448. The molecule has 1 aliphatic heterocycles. The van der Waals surface area contributed by atoms with Gasteiger partial charge in [-0.05, 0) is 30.9 Å². The van der Waals surface area contributed by atoms with E-state index in [1.54, 1.807) is 12.1 Å². The van der Waals surface area contributed by atoms with E-state index in [0.717, 1.165) is 31.6 Å². The lowest BCUT2D eigenvalue weighted by Gasteiger charge is -2.34. The van der Waals surface area contributed by atoms with E-state index in [4.69, 9.17) is 13.9 Å². The van der Waals surface area contributed by atoms with E-state index in [1.165, 1.54) is 6.26 Å². The van der Waals surface area contributed by atoms with Crippen molar-refractivity contribution in [3.05, 3.63) is 24.2 Å². The number of furan rings is 1. The van der Waals surface area contributed by atoms with Gasteiger partial charge in [0.05, 0.1) is 12.9 Å². The number of rotatable bonds is 3. The fourth-order valence-corrected chi connectivity index (χ4v) is 2.88. The van der Waals surface area contributed by atoms with Crippen LogP contribution < -0.4 is 5.32 Å². The minimum absolute atomic E-state index is 0.0673. The van der Waals surface area contributed by atoms with Crippen LogP contribution in [0.5, 0.6) is 0 Å². The Balaban J connectivity index is 1.47. The molecule has 1 aromatic heterocycles. The molecule has 3 rings (SSSR count). The number of hydrogen-bond donors (Lipinski definition) is 1. The van der Waals surface area contributed by atoms with Crippen LogP contribution in [0.3, 0.4) is 0 Å². The van der Waals surface area contributed by atoms with E-state index in [1.807, 2.05) is 0 Å². The summed E-state index contributed by atoms with van der Waals surface area (Å²) in [6, 6.07) is 3.34. The van der Waals surface area contributed by atoms with Gasteiger partial charge in [0.25, 0.3) is 5.91 Å². The molecule has 1 saturated carbocycles. The number of carbonyl (C=O) groups excluding carboxylic acids is 1. The summed E-state index contributed by atoms with van der Waals surface area (Å²) in [6.07, 6.45) is 5.62. The van der Waals surface area contributed by atoms with Crippen molar-refractivity contribution in [2.75, 3.05) is 13.2 Å². The molecule has 1 saturated heterocycles. The highest BCUT2D eigenvalue weighted by Gasteiger charge is 2.43. The molecule has 0 bridgehead atoms. The Hall–Kier alpha value is -1.33. The topological polar surface area (TPSA) is 60.7 Å². The van der Waals surface area contributed by atoms with Gasteiger partial charge in [0.15, 0.2) is 11.5 Å². The van der Waals surface area contributed by atoms with Crippen molar-refractivity contribution in [2.45, 2.75) is 44.5 Å². The summed E-state index contributed by atoms with van der Waals surface area (Å²) in [5, 5.41) is 2.82. The summed E-state index contributed by atoms with van der Waals surface area (Å²) in [7, 11) is 0. The Labute approximate surface area is 118 Å². The lowest BCUT2D eigenvalue weighted by Crippen LogP contribution is -2.38. The molecule has 20 heavy (non-hydrogen) atoms. The van der Waals surface area contributed by atoms with Gasteiger partial charge in [0, 0.05) is 19.4 Å². The first-order valence-corrected chi connectivity index (χ1v) is 7.30. The lowest BCUT2D eigenvalue weighted by atomic mass is 9.86. The summed E-state index contributed by atoms with van der Waals surface area (Å²) in [6.45, 7) is 3.27. The molecular formula is C15H21NO4. The maximum Gasteiger partial charge on any atom is 0.287 e. The molecule has 2 heterocycles. The number of hydrogen-bond acceptors (Lipinski definition) is 4. The van der Waals surface area contributed by atoms with Crippen LogP contribution in [0.2, 0.25) is 0 Å². The van der Waals surface area contributed by atoms with Crippen molar-refractivity contribution in [2.24, 2.45) is 5.92 Å². The van der Waals surface area contributed by atoms with Gasteiger partial charge >= 0.3 is 0 Å². The van der Waals surface area contributed by atoms with Crippen molar-refractivity contribution < 1.29 is 18.7 Å². The Morgan fingerprint density at radius 1 is 1.45 bits per heavy atom. The van der Waals surface area contributed by atoms with Crippen molar-refractivity contribution in [1.29, 1.82) is 0 Å². The quantitative estimate of drug-likeness (QED) is 0.922. The monoisotopic (exact) mass is 279 g/mol. The Kier molecular flexibility index (Phi) is 3.81. The third-order valence-electron chi connectivity index (χ3n) is 4.19. The molecule has 5 nitrogen and oxygen atoms in total. The van der Waals surface area contributed by atoms with Crippen LogP contribution in [0, 0.1) is 5.92 Å². The number of ether oxygens (including phenoxy) is 2. The molecule has 1 amide bonds. The van der Waals surface area contributed by atoms with Crippen LogP contribution in [0.25, 0.3) is 0 Å². The predicted octanol–water partition coefficient (Wildman–Crippen LogP) is 2.33. The summed E-state index contributed by atoms with van der Waals surface area (Å²) in [5.74, 6) is 0.472. The number of carbonyl (C=O) groups is 1. The number of amides is 1. The van der Waals surface area contributed by atoms with E-state index in [0.29, 0.717) is 18.9 Å². The highest BCUT2D eigenvalue weighted by atomic mass is 16.7. The van der Waals surface area contributed by atoms with Gasteiger partial charge in [0.2, 0.25) is 0 Å². The smallest absolute Gasteiger partial charge is 0.287 e. The minimum Gasteiger partial charge on any atom is -0.459 e. The largest absolute Gasteiger partial charge is 0.459 e. The zero-order valence-electron chi connectivity index (χ0n) is 11.8. The molecule has 110 valence electrons. The summed E-state index contributed by atoms with van der Waals surface area (Å²) in [4.78, 5) is 11.8. The Morgan fingerprint density at radius 3 is 2.95 bits per heavy atom. The standard InChI is InChI=1S/C15H21NO4/c1-11-4-6-15(7-5-11)19-10-12(20-15)9-16-14(17)13-3-2-8-18-13/h2-3,8,11-12H,4-7,9-10H2,1H3,(H,16,17). The molecule has 1 aromatic rings. The zero-order chi connectivity index (χ0) is 14.0. The van der Waals surface area contributed by atoms with E-state index >= 15 is 0 Å². The first-order valence-electron chi connectivity index (χ1n) is 7.30. The van der Waals surface area contributed by atoms with Crippen LogP contribution in [0.1, 0.15) is 43.2 Å². The summed E-state index contributed by atoms with van der Waals surface area (Å²) in [5.41, 5.74) is 0. The van der Waals surface area contributed by atoms with Crippen LogP contribution in [-0.4, -0.2) is 30.9 Å². The lowest BCUT2D eigenvalue weighted by molar-refractivity contribution is -0.191. The molecule has 1 N–H and O–H groups in total. The van der Waals surface area contributed by atoms with E-state index in [-0.39, 0.29) is 12.0 Å². The number of nitrogens with one attached hydrogen (secondary N) is 1. The predicted molar refractivity (Wildman–Crippen MR) is 72.2 cm³/mol. The van der Waals surface area contributed by atoms with Crippen LogP contribution >= 0.6 is 0 Å². The SMILES string of the molecule is CC1CCC2(CC1)OCC(CNC(=O)c1ccco1)O2. The van der Waals surface area contributed by atoms with E-state index in [2.05, 4.69) is 12.2 Å². The molecule has 1 aliphatic carbocycles. The van der Waals surface area contributed by atoms with Gasteiger partial charge in [-0.1, -0.05) is 6.92 Å². The molecule has 0 radical (unpaired) electrons. The first kappa shape index (κ1) is 13.6. The maximum absolute atomic E-state index is 11.8. The Morgan fingerprint density at radius 2 is 2.25 bits per heavy atom. The van der Waals surface area contributed by atoms with Crippen LogP contribution in [0.15, 0.2) is 22.8 Å². The third kappa shape index (κ3) is 2.88. The van der Waals surface area contributed by atoms with Crippen molar-refractivity contribution in [3.8, 4) is 0 Å².